The summed E-state index contributed by atoms with van der Waals surface area (Å²) in [5.74, 6) is -2.41. The van der Waals surface area contributed by atoms with Crippen molar-refractivity contribution in [2.75, 3.05) is 15.5 Å². The highest BCUT2D eigenvalue weighted by molar-refractivity contribution is 8.04. The van der Waals surface area contributed by atoms with Crippen LogP contribution < -0.4 is 15.5 Å². The van der Waals surface area contributed by atoms with E-state index in [1.165, 1.54) is 36.4 Å². The molecule has 39 heavy (non-hydrogen) atoms. The maximum Gasteiger partial charge on any atom is 0.283 e. The SMILES string of the molecule is Cc1ccc(C(=O)Nc2ccc(SC3=C(Nc4ccc(F)cc4)C(=O)N(c4ccc(F)cc4)C3=O)cc2)cc1. The lowest BCUT2D eigenvalue weighted by Crippen LogP contribution is -2.32. The molecule has 0 saturated heterocycles. The van der Waals surface area contributed by atoms with Crippen molar-refractivity contribution in [2.45, 2.75) is 11.8 Å². The molecular weight excluding hydrogens is 520 g/mol. The van der Waals surface area contributed by atoms with E-state index in [0.29, 0.717) is 21.8 Å². The molecule has 9 heteroatoms. The van der Waals surface area contributed by atoms with Crippen LogP contribution in [-0.4, -0.2) is 17.7 Å². The van der Waals surface area contributed by atoms with Crippen LogP contribution in [0.2, 0.25) is 0 Å². The molecule has 0 aliphatic carbocycles. The van der Waals surface area contributed by atoms with Crippen molar-refractivity contribution in [3.8, 4) is 0 Å². The number of halogens is 2. The Hall–Kier alpha value is -4.76. The summed E-state index contributed by atoms with van der Waals surface area (Å²) in [6.07, 6.45) is 0. The van der Waals surface area contributed by atoms with E-state index >= 15 is 0 Å². The van der Waals surface area contributed by atoms with Crippen LogP contribution in [0.15, 0.2) is 113 Å². The van der Waals surface area contributed by atoms with Crippen molar-refractivity contribution in [3.63, 3.8) is 0 Å². The van der Waals surface area contributed by atoms with Gasteiger partial charge in [0.15, 0.2) is 0 Å². The molecule has 0 saturated carbocycles. The molecule has 194 valence electrons. The molecule has 0 aromatic heterocycles. The van der Waals surface area contributed by atoms with Crippen LogP contribution in [0, 0.1) is 18.6 Å². The van der Waals surface area contributed by atoms with Crippen LogP contribution in [0.1, 0.15) is 15.9 Å². The number of hydrogen-bond acceptors (Lipinski definition) is 5. The lowest BCUT2D eigenvalue weighted by Gasteiger charge is -2.15. The highest BCUT2D eigenvalue weighted by atomic mass is 32.2. The van der Waals surface area contributed by atoms with Crippen LogP contribution in [0.4, 0.5) is 25.8 Å². The van der Waals surface area contributed by atoms with Crippen LogP contribution in [-0.2, 0) is 9.59 Å². The van der Waals surface area contributed by atoms with Gasteiger partial charge in [0.25, 0.3) is 17.7 Å². The molecule has 3 amide bonds. The number of nitrogens with one attached hydrogen (secondary N) is 2. The van der Waals surface area contributed by atoms with Crippen LogP contribution in [0.3, 0.4) is 0 Å². The quantitative estimate of drug-likeness (QED) is 0.261. The molecule has 2 N–H and O–H groups in total. The number of carbonyl (C=O) groups excluding carboxylic acids is 3. The first-order valence-electron chi connectivity index (χ1n) is 11.9. The summed E-state index contributed by atoms with van der Waals surface area (Å²) in [7, 11) is 0. The third kappa shape index (κ3) is 5.73. The van der Waals surface area contributed by atoms with Crippen molar-refractivity contribution in [1.29, 1.82) is 0 Å². The van der Waals surface area contributed by atoms with Crippen molar-refractivity contribution in [1.82, 2.24) is 0 Å². The molecule has 0 unspecified atom stereocenters. The van der Waals surface area contributed by atoms with E-state index < -0.39 is 23.4 Å². The number of amides is 3. The minimum Gasteiger partial charge on any atom is -0.350 e. The molecular formula is C30H21F2N3O3S. The van der Waals surface area contributed by atoms with Crippen molar-refractivity contribution < 1.29 is 23.2 Å². The van der Waals surface area contributed by atoms with Crippen LogP contribution in [0.25, 0.3) is 0 Å². The highest BCUT2D eigenvalue weighted by Crippen LogP contribution is 2.38. The van der Waals surface area contributed by atoms with Gasteiger partial charge in [0.1, 0.15) is 22.2 Å². The Labute approximate surface area is 227 Å². The molecule has 1 aliphatic heterocycles. The Morgan fingerprint density at radius 3 is 1.90 bits per heavy atom. The average Bonchev–Trinajstić information content (AvgIpc) is 3.15. The number of thioether (sulfide) groups is 1. The second kappa shape index (κ2) is 10.9. The summed E-state index contributed by atoms with van der Waals surface area (Å²) in [6, 6.07) is 24.4. The van der Waals surface area contributed by atoms with E-state index in [0.717, 1.165) is 34.4 Å². The summed E-state index contributed by atoms with van der Waals surface area (Å²) in [5.41, 5.74) is 2.78. The van der Waals surface area contributed by atoms with Gasteiger partial charge < -0.3 is 10.6 Å². The monoisotopic (exact) mass is 541 g/mol. The van der Waals surface area contributed by atoms with E-state index in [9.17, 15) is 23.2 Å². The van der Waals surface area contributed by atoms with Gasteiger partial charge in [-0.05, 0) is 91.9 Å². The van der Waals surface area contributed by atoms with E-state index in [2.05, 4.69) is 10.6 Å². The maximum atomic E-state index is 13.5. The van der Waals surface area contributed by atoms with Crippen molar-refractivity contribution in [2.24, 2.45) is 0 Å². The first-order chi connectivity index (χ1) is 18.8. The number of nitrogens with zero attached hydrogens (tertiary/aromatic N) is 1. The molecule has 0 radical (unpaired) electrons. The van der Waals surface area contributed by atoms with Gasteiger partial charge in [-0.15, -0.1) is 0 Å². The Bertz CT molecular complexity index is 1590. The number of aryl methyl sites for hydroxylation is 1. The van der Waals surface area contributed by atoms with E-state index in [1.54, 1.807) is 36.4 Å². The van der Waals surface area contributed by atoms with E-state index in [4.69, 9.17) is 0 Å². The van der Waals surface area contributed by atoms with Gasteiger partial charge in [-0.1, -0.05) is 29.5 Å². The Morgan fingerprint density at radius 2 is 1.28 bits per heavy atom. The van der Waals surface area contributed by atoms with Gasteiger partial charge in [-0.2, -0.15) is 0 Å². The van der Waals surface area contributed by atoms with Crippen molar-refractivity contribution >= 4 is 46.5 Å². The first kappa shape index (κ1) is 25.9. The fourth-order valence-corrected chi connectivity index (χ4v) is 4.78. The lowest BCUT2D eigenvalue weighted by molar-refractivity contribution is -0.120. The minimum absolute atomic E-state index is 0.0117. The summed E-state index contributed by atoms with van der Waals surface area (Å²) >= 11 is 1.06. The van der Waals surface area contributed by atoms with Gasteiger partial charge in [-0.3, -0.25) is 14.4 Å². The molecule has 1 aliphatic rings. The lowest BCUT2D eigenvalue weighted by atomic mass is 10.1. The number of imide groups is 1. The molecule has 0 bridgehead atoms. The molecule has 0 atom stereocenters. The second-order valence-electron chi connectivity index (χ2n) is 8.70. The number of anilines is 3. The van der Waals surface area contributed by atoms with Crippen molar-refractivity contribution in [3.05, 3.63) is 130 Å². The number of benzene rings is 4. The topological polar surface area (TPSA) is 78.5 Å². The zero-order chi connectivity index (χ0) is 27.5. The van der Waals surface area contributed by atoms with Crippen LogP contribution in [0.5, 0.6) is 0 Å². The van der Waals surface area contributed by atoms with Crippen LogP contribution >= 0.6 is 11.8 Å². The number of rotatable bonds is 7. The van der Waals surface area contributed by atoms with Gasteiger partial charge in [0.05, 0.1) is 5.69 Å². The Kier molecular flexibility index (Phi) is 7.25. The zero-order valence-corrected chi connectivity index (χ0v) is 21.4. The molecule has 4 aromatic rings. The second-order valence-corrected chi connectivity index (χ2v) is 9.79. The van der Waals surface area contributed by atoms with E-state index in [-0.39, 0.29) is 22.2 Å². The number of hydrogen-bond donors (Lipinski definition) is 2. The fourth-order valence-electron chi connectivity index (χ4n) is 3.85. The molecule has 0 fully saturated rings. The Balaban J connectivity index is 1.40. The molecule has 1 heterocycles. The standard InChI is InChI=1S/C30H21F2N3O3S/c1-18-2-4-19(5-3-18)28(36)34-23-12-16-25(17-13-23)39-27-26(33-22-10-6-20(31)7-11-22)29(37)35(30(27)38)24-14-8-21(32)9-15-24/h2-17,33H,1H3,(H,34,36). The number of carbonyl (C=O) groups is 3. The molecule has 4 aromatic carbocycles. The molecule has 0 spiro atoms. The van der Waals surface area contributed by atoms with Gasteiger partial charge in [0.2, 0.25) is 0 Å². The van der Waals surface area contributed by atoms with Gasteiger partial charge >= 0.3 is 0 Å². The normalized spacial score (nSPS) is 13.2. The predicted octanol–water partition coefficient (Wildman–Crippen LogP) is 6.51. The predicted molar refractivity (Wildman–Crippen MR) is 147 cm³/mol. The maximum absolute atomic E-state index is 13.5. The largest absolute Gasteiger partial charge is 0.350 e. The minimum atomic E-state index is -0.625. The Morgan fingerprint density at radius 1 is 0.718 bits per heavy atom. The third-order valence-electron chi connectivity index (χ3n) is 5.89. The van der Waals surface area contributed by atoms with E-state index in [1.807, 2.05) is 19.1 Å². The molecule has 6 nitrogen and oxygen atoms in total. The smallest absolute Gasteiger partial charge is 0.283 e. The highest BCUT2D eigenvalue weighted by Gasteiger charge is 2.40. The summed E-state index contributed by atoms with van der Waals surface area (Å²) in [4.78, 5) is 41.0. The summed E-state index contributed by atoms with van der Waals surface area (Å²) in [5, 5.41) is 5.77. The average molecular weight is 542 g/mol. The summed E-state index contributed by atoms with van der Waals surface area (Å²) in [6.45, 7) is 1.94. The summed E-state index contributed by atoms with van der Waals surface area (Å²) < 4.78 is 26.9. The zero-order valence-electron chi connectivity index (χ0n) is 20.6. The fraction of sp³-hybridized carbons (Fsp3) is 0.0333. The third-order valence-corrected chi connectivity index (χ3v) is 6.98. The first-order valence-corrected chi connectivity index (χ1v) is 12.7. The van der Waals surface area contributed by atoms with Gasteiger partial charge in [0, 0.05) is 21.8 Å². The molecule has 5 rings (SSSR count). The van der Waals surface area contributed by atoms with Gasteiger partial charge in [-0.25, -0.2) is 13.7 Å².